The Morgan fingerprint density at radius 3 is 2.59 bits per heavy atom. The zero-order chi connectivity index (χ0) is 19.6. The number of benzene rings is 2. The van der Waals surface area contributed by atoms with Gasteiger partial charge in [0.05, 0.1) is 18.3 Å². The van der Waals surface area contributed by atoms with Gasteiger partial charge in [-0.15, -0.1) is 0 Å². The Labute approximate surface area is 152 Å². The van der Waals surface area contributed by atoms with Gasteiger partial charge in [-0.3, -0.25) is 4.98 Å². The van der Waals surface area contributed by atoms with Crippen LogP contribution in [0.3, 0.4) is 0 Å². The number of methoxy groups -OCH3 is 1. The SMILES string of the molecule is COc1cc2nccc(Oc3ccc(NC(N)=O)c(F)c3)c2cc1C(=O)O. The van der Waals surface area contributed by atoms with Crippen LogP contribution in [0.15, 0.2) is 42.6 Å². The number of nitrogens with one attached hydrogen (secondary N) is 1. The largest absolute Gasteiger partial charge is 0.496 e. The lowest BCUT2D eigenvalue weighted by molar-refractivity contribution is 0.0693. The molecule has 0 aliphatic heterocycles. The van der Waals surface area contributed by atoms with Crippen LogP contribution in [0.1, 0.15) is 10.4 Å². The van der Waals surface area contributed by atoms with Gasteiger partial charge in [-0.1, -0.05) is 0 Å². The van der Waals surface area contributed by atoms with E-state index < -0.39 is 17.8 Å². The Kier molecular flexibility index (Phi) is 4.75. The molecule has 0 saturated heterocycles. The molecule has 3 rings (SSSR count). The molecule has 27 heavy (non-hydrogen) atoms. The molecular formula is C18H14FN3O5. The van der Waals surface area contributed by atoms with E-state index in [4.69, 9.17) is 15.2 Å². The minimum Gasteiger partial charge on any atom is -0.496 e. The second-order valence-corrected chi connectivity index (χ2v) is 5.42. The van der Waals surface area contributed by atoms with Crippen LogP contribution in [-0.2, 0) is 0 Å². The van der Waals surface area contributed by atoms with E-state index in [1.165, 1.54) is 43.6 Å². The molecule has 1 heterocycles. The molecule has 4 N–H and O–H groups in total. The number of hydrogen-bond acceptors (Lipinski definition) is 5. The van der Waals surface area contributed by atoms with E-state index in [1.54, 1.807) is 0 Å². The average Bonchev–Trinajstić information content (AvgIpc) is 2.62. The molecule has 138 valence electrons. The van der Waals surface area contributed by atoms with Crippen LogP contribution in [0, 0.1) is 5.82 Å². The van der Waals surface area contributed by atoms with Gasteiger partial charge in [-0.05, 0) is 24.3 Å². The van der Waals surface area contributed by atoms with Crippen molar-refractivity contribution in [3.05, 3.63) is 54.0 Å². The molecule has 3 aromatic rings. The topological polar surface area (TPSA) is 124 Å². The summed E-state index contributed by atoms with van der Waals surface area (Å²) < 4.78 is 24.8. The summed E-state index contributed by atoms with van der Waals surface area (Å²) in [5.74, 6) is -1.33. The minimum absolute atomic E-state index is 0.0602. The lowest BCUT2D eigenvalue weighted by Gasteiger charge is -2.12. The fourth-order valence-electron chi connectivity index (χ4n) is 2.49. The van der Waals surface area contributed by atoms with Crippen LogP contribution < -0.4 is 20.5 Å². The van der Waals surface area contributed by atoms with Crippen LogP contribution in [0.25, 0.3) is 10.9 Å². The molecule has 0 aliphatic carbocycles. The summed E-state index contributed by atoms with van der Waals surface area (Å²) in [5, 5.41) is 11.9. The molecule has 1 aromatic heterocycles. The van der Waals surface area contributed by atoms with Gasteiger partial charge >= 0.3 is 12.0 Å². The van der Waals surface area contributed by atoms with E-state index >= 15 is 0 Å². The van der Waals surface area contributed by atoms with Crippen LogP contribution in [0.4, 0.5) is 14.9 Å². The molecule has 0 spiro atoms. The number of halogens is 1. The maximum atomic E-state index is 14.0. The number of aromatic carboxylic acids is 1. The van der Waals surface area contributed by atoms with Gasteiger partial charge in [0.15, 0.2) is 0 Å². The summed E-state index contributed by atoms with van der Waals surface area (Å²) in [4.78, 5) is 26.4. The highest BCUT2D eigenvalue weighted by molar-refractivity contribution is 5.98. The predicted octanol–water partition coefficient (Wildman–Crippen LogP) is 3.36. The number of carbonyl (C=O) groups excluding carboxylic acids is 1. The first-order chi connectivity index (χ1) is 12.9. The van der Waals surface area contributed by atoms with Gasteiger partial charge in [0.2, 0.25) is 0 Å². The van der Waals surface area contributed by atoms with E-state index in [-0.39, 0.29) is 28.5 Å². The third-order valence-corrected chi connectivity index (χ3v) is 3.68. The van der Waals surface area contributed by atoms with Gasteiger partial charge < -0.3 is 25.6 Å². The first-order valence-corrected chi connectivity index (χ1v) is 7.63. The third-order valence-electron chi connectivity index (χ3n) is 3.68. The first-order valence-electron chi connectivity index (χ1n) is 7.63. The summed E-state index contributed by atoms with van der Waals surface area (Å²) in [6.07, 6.45) is 1.47. The Hall–Kier alpha value is -3.88. The van der Waals surface area contributed by atoms with E-state index in [2.05, 4.69) is 10.3 Å². The number of hydrogen-bond donors (Lipinski definition) is 3. The molecule has 9 heteroatoms. The summed E-state index contributed by atoms with van der Waals surface area (Å²) >= 11 is 0. The summed E-state index contributed by atoms with van der Waals surface area (Å²) in [5.41, 5.74) is 5.26. The number of carboxylic acids is 1. The molecule has 0 bridgehead atoms. The fraction of sp³-hybridized carbons (Fsp3) is 0.0556. The molecule has 0 fully saturated rings. The Morgan fingerprint density at radius 1 is 1.19 bits per heavy atom. The molecule has 2 aromatic carbocycles. The van der Waals surface area contributed by atoms with Crippen LogP contribution in [0.5, 0.6) is 17.2 Å². The molecule has 0 unspecified atom stereocenters. The number of amides is 2. The van der Waals surface area contributed by atoms with Crippen molar-refractivity contribution in [2.45, 2.75) is 0 Å². The molecule has 2 amide bonds. The summed E-state index contributed by atoms with van der Waals surface area (Å²) in [6, 6.07) is 7.28. The average molecular weight is 371 g/mol. The number of aromatic nitrogens is 1. The quantitative estimate of drug-likeness (QED) is 0.632. The number of nitrogens with two attached hydrogens (primary N) is 1. The highest BCUT2D eigenvalue weighted by Gasteiger charge is 2.16. The second-order valence-electron chi connectivity index (χ2n) is 5.42. The number of anilines is 1. The maximum absolute atomic E-state index is 14.0. The number of nitrogens with zero attached hydrogens (tertiary/aromatic N) is 1. The lowest BCUT2D eigenvalue weighted by atomic mass is 10.1. The van der Waals surface area contributed by atoms with Crippen LogP contribution in [-0.4, -0.2) is 29.2 Å². The zero-order valence-electron chi connectivity index (χ0n) is 14.0. The highest BCUT2D eigenvalue weighted by Crippen LogP contribution is 2.34. The van der Waals surface area contributed by atoms with Crippen molar-refractivity contribution >= 4 is 28.6 Å². The van der Waals surface area contributed by atoms with Crippen molar-refractivity contribution in [1.29, 1.82) is 0 Å². The van der Waals surface area contributed by atoms with Crippen molar-refractivity contribution in [2.24, 2.45) is 5.73 Å². The normalized spacial score (nSPS) is 10.4. The van der Waals surface area contributed by atoms with Gasteiger partial charge in [-0.25, -0.2) is 14.0 Å². The Morgan fingerprint density at radius 2 is 1.96 bits per heavy atom. The minimum atomic E-state index is -1.17. The smallest absolute Gasteiger partial charge is 0.339 e. The summed E-state index contributed by atoms with van der Waals surface area (Å²) in [7, 11) is 1.36. The molecule has 0 radical (unpaired) electrons. The number of ether oxygens (including phenoxy) is 2. The van der Waals surface area contributed by atoms with Gasteiger partial charge in [0, 0.05) is 23.7 Å². The van der Waals surface area contributed by atoms with E-state index in [9.17, 15) is 19.1 Å². The fourth-order valence-corrected chi connectivity index (χ4v) is 2.49. The number of urea groups is 1. The zero-order valence-corrected chi connectivity index (χ0v) is 14.0. The predicted molar refractivity (Wildman–Crippen MR) is 94.9 cm³/mol. The molecular weight excluding hydrogens is 357 g/mol. The van der Waals surface area contributed by atoms with E-state index in [0.29, 0.717) is 10.9 Å². The number of carboxylic acid groups (broad SMARTS) is 1. The van der Waals surface area contributed by atoms with Gasteiger partial charge in [0.25, 0.3) is 0 Å². The molecule has 0 atom stereocenters. The number of primary amides is 1. The number of pyridine rings is 1. The van der Waals surface area contributed by atoms with E-state index in [0.717, 1.165) is 6.07 Å². The van der Waals surface area contributed by atoms with Crippen molar-refractivity contribution in [2.75, 3.05) is 12.4 Å². The maximum Gasteiger partial charge on any atom is 0.339 e. The highest BCUT2D eigenvalue weighted by atomic mass is 19.1. The standard InChI is InChI=1S/C18H14FN3O5/c1-26-16-8-14-10(7-11(16)17(23)24)15(4-5-21-14)27-9-2-3-13(12(19)6-9)22-18(20)25/h2-8H,1H3,(H,23,24)(H3,20,22,25). The molecule has 0 aliphatic rings. The number of carbonyl (C=O) groups is 2. The van der Waals surface area contributed by atoms with Crippen molar-refractivity contribution in [1.82, 2.24) is 4.98 Å². The van der Waals surface area contributed by atoms with Crippen molar-refractivity contribution in [3.63, 3.8) is 0 Å². The van der Waals surface area contributed by atoms with E-state index in [1.807, 2.05) is 0 Å². The molecule has 8 nitrogen and oxygen atoms in total. The van der Waals surface area contributed by atoms with Crippen molar-refractivity contribution in [3.8, 4) is 17.2 Å². The number of fused-ring (bicyclic) bond motifs is 1. The second kappa shape index (κ2) is 7.16. The van der Waals surface area contributed by atoms with Gasteiger partial charge in [-0.2, -0.15) is 0 Å². The first kappa shape index (κ1) is 17.9. The number of rotatable bonds is 5. The third kappa shape index (κ3) is 3.71. The molecule has 0 saturated carbocycles. The monoisotopic (exact) mass is 371 g/mol. The summed E-state index contributed by atoms with van der Waals surface area (Å²) in [6.45, 7) is 0. The van der Waals surface area contributed by atoms with Crippen molar-refractivity contribution < 1.29 is 28.6 Å². The van der Waals surface area contributed by atoms with Crippen LogP contribution in [0.2, 0.25) is 0 Å². The lowest BCUT2D eigenvalue weighted by Crippen LogP contribution is -2.19. The Bertz CT molecular complexity index is 1050. The Balaban J connectivity index is 2.02. The van der Waals surface area contributed by atoms with Crippen LogP contribution >= 0.6 is 0 Å². The van der Waals surface area contributed by atoms with Gasteiger partial charge in [0.1, 0.15) is 28.6 Å².